The van der Waals surface area contributed by atoms with Gasteiger partial charge in [0.1, 0.15) is 12.1 Å². The van der Waals surface area contributed by atoms with Crippen LogP contribution in [0.15, 0.2) is 30.6 Å². The number of carboxylic acids is 1. The molecule has 0 saturated heterocycles. The van der Waals surface area contributed by atoms with Crippen LogP contribution in [0.25, 0.3) is 11.4 Å². The van der Waals surface area contributed by atoms with Crippen molar-refractivity contribution in [2.45, 2.75) is 19.4 Å². The molecule has 0 aliphatic carbocycles. The van der Waals surface area contributed by atoms with Gasteiger partial charge in [0.25, 0.3) is 0 Å². The number of hydrogen-bond donors (Lipinski definition) is 1. The molecule has 2 rings (SSSR count). The van der Waals surface area contributed by atoms with Crippen molar-refractivity contribution in [1.82, 2.24) is 14.8 Å². The Balaban J connectivity index is 2.12. The molecule has 0 radical (unpaired) electrons. The molecule has 0 fully saturated rings. The Morgan fingerprint density at radius 2 is 2.06 bits per heavy atom. The highest BCUT2D eigenvalue weighted by molar-refractivity contribution is 5.66. The maximum atomic E-state index is 12.8. The first kappa shape index (κ1) is 12.2. The van der Waals surface area contributed by atoms with Crippen LogP contribution >= 0.6 is 0 Å². The molecule has 0 saturated carbocycles. The van der Waals surface area contributed by atoms with E-state index >= 15 is 0 Å². The Hall–Kier alpha value is -2.24. The summed E-state index contributed by atoms with van der Waals surface area (Å²) in [5.41, 5.74) is 0.754. The van der Waals surface area contributed by atoms with Gasteiger partial charge in [0.2, 0.25) is 0 Å². The minimum absolute atomic E-state index is 0.0983. The normalized spacial score (nSPS) is 10.5. The van der Waals surface area contributed by atoms with Crippen LogP contribution in [0.2, 0.25) is 0 Å². The zero-order valence-electron chi connectivity index (χ0n) is 9.58. The van der Waals surface area contributed by atoms with Gasteiger partial charge in [-0.15, -0.1) is 10.2 Å². The second-order valence-electron chi connectivity index (χ2n) is 3.85. The van der Waals surface area contributed by atoms with Crippen molar-refractivity contribution in [1.29, 1.82) is 0 Å². The Morgan fingerprint density at radius 1 is 1.33 bits per heavy atom. The van der Waals surface area contributed by atoms with Gasteiger partial charge < -0.3 is 9.67 Å². The molecule has 1 aromatic carbocycles. The van der Waals surface area contributed by atoms with Crippen molar-refractivity contribution < 1.29 is 14.3 Å². The van der Waals surface area contributed by atoms with E-state index in [1.807, 2.05) is 0 Å². The molecule has 0 amide bonds. The van der Waals surface area contributed by atoms with Gasteiger partial charge >= 0.3 is 5.97 Å². The van der Waals surface area contributed by atoms with Gasteiger partial charge in [-0.2, -0.15) is 0 Å². The van der Waals surface area contributed by atoms with Gasteiger partial charge in [-0.1, -0.05) is 0 Å². The summed E-state index contributed by atoms with van der Waals surface area (Å²) in [6.07, 6.45) is 2.14. The fraction of sp³-hybridized carbons (Fsp3) is 0.250. The van der Waals surface area contributed by atoms with Crippen LogP contribution in [0.5, 0.6) is 0 Å². The van der Waals surface area contributed by atoms with Crippen molar-refractivity contribution >= 4 is 5.97 Å². The number of nitrogens with zero attached hydrogens (tertiary/aromatic N) is 3. The number of aliphatic carboxylic acids is 1. The second kappa shape index (κ2) is 5.39. The molecule has 0 spiro atoms. The van der Waals surface area contributed by atoms with Crippen LogP contribution in [0, 0.1) is 5.82 Å². The van der Waals surface area contributed by atoms with Crippen molar-refractivity contribution in [2.75, 3.05) is 0 Å². The Bertz CT molecular complexity index is 537. The Kier molecular flexibility index (Phi) is 3.66. The van der Waals surface area contributed by atoms with Gasteiger partial charge in [0.05, 0.1) is 0 Å². The monoisotopic (exact) mass is 249 g/mol. The molecule has 1 aromatic heterocycles. The molecule has 94 valence electrons. The molecule has 0 bridgehead atoms. The van der Waals surface area contributed by atoms with Crippen LogP contribution < -0.4 is 0 Å². The zero-order chi connectivity index (χ0) is 13.0. The third kappa shape index (κ3) is 2.91. The van der Waals surface area contributed by atoms with Crippen molar-refractivity contribution in [2.24, 2.45) is 0 Å². The lowest BCUT2D eigenvalue weighted by Crippen LogP contribution is -2.03. The molecule has 1 heterocycles. The highest BCUT2D eigenvalue weighted by atomic mass is 19.1. The van der Waals surface area contributed by atoms with Gasteiger partial charge in [0.15, 0.2) is 5.82 Å². The lowest BCUT2D eigenvalue weighted by molar-refractivity contribution is -0.137. The molecular formula is C12H12FN3O2. The predicted octanol–water partition coefficient (Wildman–Crippen LogP) is 1.95. The first-order chi connectivity index (χ1) is 8.66. The maximum absolute atomic E-state index is 12.8. The van der Waals surface area contributed by atoms with Crippen molar-refractivity contribution in [3.05, 3.63) is 36.4 Å². The molecule has 6 heteroatoms. The number of halogens is 1. The molecule has 2 aromatic rings. The summed E-state index contributed by atoms with van der Waals surface area (Å²) in [5, 5.41) is 16.3. The molecular weight excluding hydrogens is 237 g/mol. The number of aromatic nitrogens is 3. The first-order valence-corrected chi connectivity index (χ1v) is 5.52. The van der Waals surface area contributed by atoms with E-state index in [2.05, 4.69) is 10.2 Å². The fourth-order valence-corrected chi connectivity index (χ4v) is 1.64. The molecule has 0 atom stereocenters. The Morgan fingerprint density at radius 3 is 2.72 bits per heavy atom. The van der Waals surface area contributed by atoms with Gasteiger partial charge in [0, 0.05) is 18.5 Å². The Labute approximate surface area is 103 Å². The van der Waals surface area contributed by atoms with Crippen LogP contribution in [0.3, 0.4) is 0 Å². The average Bonchev–Trinajstić information content (AvgIpc) is 2.78. The maximum Gasteiger partial charge on any atom is 0.303 e. The van der Waals surface area contributed by atoms with E-state index in [1.165, 1.54) is 12.1 Å². The van der Waals surface area contributed by atoms with E-state index in [0.29, 0.717) is 18.8 Å². The van der Waals surface area contributed by atoms with Gasteiger partial charge in [-0.25, -0.2) is 4.39 Å². The third-order valence-corrected chi connectivity index (χ3v) is 2.51. The van der Waals surface area contributed by atoms with Crippen LogP contribution in [0.1, 0.15) is 12.8 Å². The van der Waals surface area contributed by atoms with E-state index < -0.39 is 5.97 Å². The van der Waals surface area contributed by atoms with Crippen LogP contribution in [-0.2, 0) is 11.3 Å². The third-order valence-electron chi connectivity index (χ3n) is 2.51. The molecule has 0 aliphatic rings. The minimum atomic E-state index is -0.827. The largest absolute Gasteiger partial charge is 0.481 e. The second-order valence-corrected chi connectivity index (χ2v) is 3.85. The summed E-state index contributed by atoms with van der Waals surface area (Å²) in [4.78, 5) is 10.4. The molecule has 18 heavy (non-hydrogen) atoms. The zero-order valence-corrected chi connectivity index (χ0v) is 9.58. The molecule has 5 nitrogen and oxygen atoms in total. The first-order valence-electron chi connectivity index (χ1n) is 5.52. The lowest BCUT2D eigenvalue weighted by Gasteiger charge is -2.05. The van der Waals surface area contributed by atoms with E-state index in [9.17, 15) is 9.18 Å². The topological polar surface area (TPSA) is 68.0 Å². The van der Waals surface area contributed by atoms with E-state index in [0.717, 1.165) is 5.56 Å². The van der Waals surface area contributed by atoms with Crippen molar-refractivity contribution in [3.8, 4) is 11.4 Å². The summed E-state index contributed by atoms with van der Waals surface area (Å²) >= 11 is 0. The number of rotatable bonds is 5. The summed E-state index contributed by atoms with van der Waals surface area (Å²) in [5.74, 6) is -0.525. The van der Waals surface area contributed by atoms with Crippen LogP contribution in [-0.4, -0.2) is 25.8 Å². The standard InChI is InChI=1S/C12H12FN3O2/c13-10-5-3-9(4-6-10)12-15-14-8-16(12)7-1-2-11(17)18/h3-6,8H,1-2,7H2,(H,17,18). The van der Waals surface area contributed by atoms with Crippen molar-refractivity contribution in [3.63, 3.8) is 0 Å². The molecule has 0 aliphatic heterocycles. The number of benzene rings is 1. The number of hydrogen-bond acceptors (Lipinski definition) is 3. The smallest absolute Gasteiger partial charge is 0.303 e. The van der Waals surface area contributed by atoms with Gasteiger partial charge in [-0.3, -0.25) is 4.79 Å². The van der Waals surface area contributed by atoms with E-state index in [4.69, 9.17) is 5.11 Å². The van der Waals surface area contributed by atoms with E-state index in [-0.39, 0.29) is 12.2 Å². The SMILES string of the molecule is O=C(O)CCCn1cnnc1-c1ccc(F)cc1. The quantitative estimate of drug-likeness (QED) is 0.879. The summed E-state index contributed by atoms with van der Waals surface area (Å²) in [6, 6.07) is 5.94. The van der Waals surface area contributed by atoms with Crippen LogP contribution in [0.4, 0.5) is 4.39 Å². The summed E-state index contributed by atoms with van der Waals surface area (Å²) in [6.45, 7) is 0.520. The molecule has 0 unspecified atom stereocenters. The van der Waals surface area contributed by atoms with Gasteiger partial charge in [-0.05, 0) is 30.7 Å². The number of carboxylic acid groups (broad SMARTS) is 1. The van der Waals surface area contributed by atoms with E-state index in [1.54, 1.807) is 23.0 Å². The number of carbonyl (C=O) groups is 1. The average molecular weight is 249 g/mol. The fourth-order valence-electron chi connectivity index (χ4n) is 1.64. The summed E-state index contributed by atoms with van der Waals surface area (Å²) in [7, 11) is 0. The highest BCUT2D eigenvalue weighted by Gasteiger charge is 2.07. The number of aryl methyl sites for hydroxylation is 1. The summed E-state index contributed by atoms with van der Waals surface area (Å²) < 4.78 is 14.6. The molecule has 1 N–H and O–H groups in total. The predicted molar refractivity (Wildman–Crippen MR) is 62.3 cm³/mol. The minimum Gasteiger partial charge on any atom is -0.481 e. The lowest BCUT2D eigenvalue weighted by atomic mass is 10.2. The highest BCUT2D eigenvalue weighted by Crippen LogP contribution is 2.17.